The second-order valence-electron chi connectivity index (χ2n) is 3.39. The summed E-state index contributed by atoms with van der Waals surface area (Å²) < 4.78 is 0. The molecular formula is C9H19N3O3. The van der Waals surface area contributed by atoms with Crippen molar-refractivity contribution in [2.45, 2.75) is 26.3 Å². The second kappa shape index (κ2) is 7.05. The van der Waals surface area contributed by atoms with Crippen LogP contribution in [0.5, 0.6) is 0 Å². The largest absolute Gasteiger partial charge is 0.480 e. The van der Waals surface area contributed by atoms with Crippen molar-refractivity contribution in [1.29, 1.82) is 0 Å². The summed E-state index contributed by atoms with van der Waals surface area (Å²) in [5.41, 5.74) is 5.19. The fraction of sp³-hybridized carbons (Fsp3) is 0.778. The third kappa shape index (κ3) is 5.21. The molecule has 0 aromatic heterocycles. The molecule has 0 aliphatic carbocycles. The lowest BCUT2D eigenvalue weighted by Crippen LogP contribution is -2.49. The van der Waals surface area contributed by atoms with E-state index < -0.39 is 18.0 Å². The van der Waals surface area contributed by atoms with Crippen molar-refractivity contribution in [1.82, 2.24) is 10.6 Å². The van der Waals surface area contributed by atoms with Gasteiger partial charge in [-0.05, 0) is 5.92 Å². The zero-order valence-electron chi connectivity index (χ0n) is 9.12. The Bertz CT molecular complexity index is 221. The molecule has 0 aliphatic rings. The molecule has 15 heavy (non-hydrogen) atoms. The average molecular weight is 217 g/mol. The molecule has 6 heteroatoms. The van der Waals surface area contributed by atoms with Crippen LogP contribution in [0.2, 0.25) is 0 Å². The standard InChI is InChI=1S/C9H19N3O3/c1-3-6(2)7(8(13)14)12-9(15)11-5-4-10/h6-7H,3-5,10H2,1-2H3,(H,13,14)(H2,11,12,15)/t6-,7-/m0/s1. The zero-order valence-corrected chi connectivity index (χ0v) is 9.12. The van der Waals surface area contributed by atoms with E-state index in [2.05, 4.69) is 10.6 Å². The molecule has 0 saturated heterocycles. The number of nitrogens with one attached hydrogen (secondary N) is 2. The molecule has 0 heterocycles. The lowest BCUT2D eigenvalue weighted by molar-refractivity contribution is -0.140. The van der Waals surface area contributed by atoms with Crippen LogP contribution in [0.1, 0.15) is 20.3 Å². The number of hydrogen-bond acceptors (Lipinski definition) is 3. The summed E-state index contributed by atoms with van der Waals surface area (Å²) in [5, 5.41) is 13.7. The maximum Gasteiger partial charge on any atom is 0.326 e. The minimum absolute atomic E-state index is 0.105. The highest BCUT2D eigenvalue weighted by atomic mass is 16.4. The Balaban J connectivity index is 4.16. The lowest BCUT2D eigenvalue weighted by atomic mass is 9.99. The Hall–Kier alpha value is -1.30. The first-order valence-corrected chi connectivity index (χ1v) is 5.00. The Labute approximate surface area is 89.2 Å². The number of urea groups is 1. The number of carboxylic acids is 1. The molecule has 0 rings (SSSR count). The van der Waals surface area contributed by atoms with E-state index in [1.165, 1.54) is 0 Å². The number of carbonyl (C=O) groups is 2. The molecule has 6 nitrogen and oxygen atoms in total. The van der Waals surface area contributed by atoms with Gasteiger partial charge in [0.15, 0.2) is 0 Å². The summed E-state index contributed by atoms with van der Waals surface area (Å²) >= 11 is 0. The highest BCUT2D eigenvalue weighted by molar-refractivity contribution is 5.82. The van der Waals surface area contributed by atoms with Crippen molar-refractivity contribution in [2.75, 3.05) is 13.1 Å². The summed E-state index contributed by atoms with van der Waals surface area (Å²) in [6, 6.07) is -1.35. The van der Waals surface area contributed by atoms with Gasteiger partial charge in [-0.15, -0.1) is 0 Å². The number of nitrogens with two attached hydrogens (primary N) is 1. The summed E-state index contributed by atoms with van der Waals surface area (Å²) in [6.07, 6.45) is 0.689. The Kier molecular flexibility index (Phi) is 6.44. The average Bonchev–Trinajstić information content (AvgIpc) is 2.21. The van der Waals surface area contributed by atoms with Crippen LogP contribution in [-0.2, 0) is 4.79 Å². The maximum atomic E-state index is 11.2. The van der Waals surface area contributed by atoms with E-state index in [0.717, 1.165) is 0 Å². The molecule has 5 N–H and O–H groups in total. The number of aliphatic carboxylic acids is 1. The van der Waals surface area contributed by atoms with Gasteiger partial charge >= 0.3 is 12.0 Å². The number of amides is 2. The van der Waals surface area contributed by atoms with E-state index in [-0.39, 0.29) is 5.92 Å². The fourth-order valence-corrected chi connectivity index (χ4v) is 1.06. The second-order valence-corrected chi connectivity index (χ2v) is 3.39. The SMILES string of the molecule is CC[C@H](C)[C@H](NC(=O)NCCN)C(=O)O. The fourth-order valence-electron chi connectivity index (χ4n) is 1.06. The van der Waals surface area contributed by atoms with Gasteiger partial charge in [-0.2, -0.15) is 0 Å². The van der Waals surface area contributed by atoms with Crippen molar-refractivity contribution in [3.63, 3.8) is 0 Å². The van der Waals surface area contributed by atoms with Crippen LogP contribution in [-0.4, -0.2) is 36.2 Å². The van der Waals surface area contributed by atoms with Crippen LogP contribution in [0.25, 0.3) is 0 Å². The summed E-state index contributed by atoms with van der Waals surface area (Å²) in [6.45, 7) is 4.31. The normalized spacial score (nSPS) is 14.1. The predicted octanol–water partition coefficient (Wildman–Crippen LogP) is -0.256. The van der Waals surface area contributed by atoms with Crippen LogP contribution < -0.4 is 16.4 Å². The van der Waals surface area contributed by atoms with E-state index in [1.807, 2.05) is 6.92 Å². The molecule has 2 amide bonds. The van der Waals surface area contributed by atoms with Crippen molar-refractivity contribution < 1.29 is 14.7 Å². The molecule has 0 unspecified atom stereocenters. The molecule has 0 fully saturated rings. The zero-order chi connectivity index (χ0) is 11.8. The van der Waals surface area contributed by atoms with Crippen molar-refractivity contribution in [2.24, 2.45) is 11.7 Å². The lowest BCUT2D eigenvalue weighted by Gasteiger charge is -2.20. The monoisotopic (exact) mass is 217 g/mol. The third-order valence-corrected chi connectivity index (χ3v) is 2.20. The number of rotatable bonds is 6. The Morgan fingerprint density at radius 3 is 2.47 bits per heavy atom. The van der Waals surface area contributed by atoms with Crippen LogP contribution in [0.4, 0.5) is 4.79 Å². The van der Waals surface area contributed by atoms with Crippen molar-refractivity contribution in [3.8, 4) is 0 Å². The third-order valence-electron chi connectivity index (χ3n) is 2.20. The molecule has 0 aromatic carbocycles. The molecule has 0 aliphatic heterocycles. The van der Waals surface area contributed by atoms with E-state index in [9.17, 15) is 9.59 Å². The number of carbonyl (C=O) groups excluding carboxylic acids is 1. The smallest absolute Gasteiger partial charge is 0.326 e. The predicted molar refractivity (Wildman–Crippen MR) is 56.5 cm³/mol. The van der Waals surface area contributed by atoms with Gasteiger partial charge in [0, 0.05) is 13.1 Å². The van der Waals surface area contributed by atoms with Crippen LogP contribution in [0, 0.1) is 5.92 Å². The molecular weight excluding hydrogens is 198 g/mol. The molecule has 0 radical (unpaired) electrons. The van der Waals surface area contributed by atoms with Gasteiger partial charge in [-0.1, -0.05) is 20.3 Å². The van der Waals surface area contributed by atoms with Crippen molar-refractivity contribution in [3.05, 3.63) is 0 Å². The summed E-state index contributed by atoms with van der Waals surface area (Å²) in [4.78, 5) is 22.0. The van der Waals surface area contributed by atoms with Gasteiger partial charge < -0.3 is 21.5 Å². The van der Waals surface area contributed by atoms with Gasteiger partial charge in [0.1, 0.15) is 6.04 Å². The van der Waals surface area contributed by atoms with Gasteiger partial charge in [-0.3, -0.25) is 0 Å². The van der Waals surface area contributed by atoms with Gasteiger partial charge in [0.05, 0.1) is 0 Å². The first kappa shape index (κ1) is 13.7. The van der Waals surface area contributed by atoms with Crippen molar-refractivity contribution >= 4 is 12.0 Å². The summed E-state index contributed by atoms with van der Waals surface area (Å²) in [7, 11) is 0. The Morgan fingerprint density at radius 2 is 2.07 bits per heavy atom. The van der Waals surface area contributed by atoms with Crippen LogP contribution in [0.3, 0.4) is 0 Å². The first-order valence-electron chi connectivity index (χ1n) is 5.00. The number of carboxylic acid groups (broad SMARTS) is 1. The van der Waals surface area contributed by atoms with Crippen LogP contribution >= 0.6 is 0 Å². The molecule has 0 spiro atoms. The van der Waals surface area contributed by atoms with Crippen LogP contribution in [0.15, 0.2) is 0 Å². The van der Waals surface area contributed by atoms with Gasteiger partial charge in [-0.25, -0.2) is 9.59 Å². The topological polar surface area (TPSA) is 104 Å². The highest BCUT2D eigenvalue weighted by Crippen LogP contribution is 2.07. The maximum absolute atomic E-state index is 11.2. The molecule has 88 valence electrons. The first-order chi connectivity index (χ1) is 7.02. The highest BCUT2D eigenvalue weighted by Gasteiger charge is 2.24. The quantitative estimate of drug-likeness (QED) is 0.492. The van der Waals surface area contributed by atoms with E-state index in [0.29, 0.717) is 19.5 Å². The minimum Gasteiger partial charge on any atom is -0.480 e. The molecule has 2 atom stereocenters. The minimum atomic E-state index is -1.02. The molecule has 0 bridgehead atoms. The van der Waals surface area contributed by atoms with E-state index in [4.69, 9.17) is 10.8 Å². The Morgan fingerprint density at radius 1 is 1.47 bits per heavy atom. The summed E-state index contributed by atoms with van der Waals surface area (Å²) in [5.74, 6) is -1.13. The van der Waals surface area contributed by atoms with Gasteiger partial charge in [0.25, 0.3) is 0 Å². The molecule has 0 saturated carbocycles. The van der Waals surface area contributed by atoms with Gasteiger partial charge in [0.2, 0.25) is 0 Å². The van der Waals surface area contributed by atoms with E-state index >= 15 is 0 Å². The van der Waals surface area contributed by atoms with E-state index in [1.54, 1.807) is 6.92 Å². The number of hydrogen-bond donors (Lipinski definition) is 4. The molecule has 0 aromatic rings.